The highest BCUT2D eigenvalue weighted by Gasteiger charge is 2.24. The number of rotatable bonds is 6. The van der Waals surface area contributed by atoms with Gasteiger partial charge in [0.2, 0.25) is 5.91 Å². The van der Waals surface area contributed by atoms with Crippen LogP contribution in [0.5, 0.6) is 0 Å². The van der Waals surface area contributed by atoms with E-state index >= 15 is 0 Å². The van der Waals surface area contributed by atoms with Crippen LogP contribution in [0.1, 0.15) is 42.9 Å². The molecule has 0 saturated carbocycles. The molecule has 2 aliphatic heterocycles. The number of hydrogen-bond acceptors (Lipinski definition) is 4. The van der Waals surface area contributed by atoms with Crippen molar-refractivity contribution in [2.45, 2.75) is 50.9 Å². The van der Waals surface area contributed by atoms with Crippen molar-refractivity contribution < 1.29 is 9.53 Å². The summed E-state index contributed by atoms with van der Waals surface area (Å²) >= 11 is 0. The third-order valence-electron chi connectivity index (χ3n) is 5.80. The average Bonchev–Trinajstić information content (AvgIpc) is 3.22. The van der Waals surface area contributed by atoms with E-state index in [0.29, 0.717) is 19.1 Å². The van der Waals surface area contributed by atoms with Crippen LogP contribution in [0.4, 0.5) is 0 Å². The maximum atomic E-state index is 12.7. The van der Waals surface area contributed by atoms with Crippen molar-refractivity contribution in [2.75, 3.05) is 26.2 Å². The number of aromatic nitrogens is 2. The fourth-order valence-electron chi connectivity index (χ4n) is 4.09. The molecular formula is C22H31ClN4O2. The van der Waals surface area contributed by atoms with E-state index in [1.165, 1.54) is 18.4 Å². The molecule has 158 valence electrons. The standard InChI is InChI=1S/C22H30N4O2.ClH/c27-22(16-26-14-10-21(24-26)19-7-4-11-23-15-19)25-12-8-20(9-13-25)28-17-18-5-2-1-3-6-18;/h1-3,5-6,10,14,19-20,23H,4,7-9,11-13,15-17H2;1H. The van der Waals surface area contributed by atoms with Crippen molar-refractivity contribution in [3.63, 3.8) is 0 Å². The topological polar surface area (TPSA) is 59.4 Å². The van der Waals surface area contributed by atoms with Gasteiger partial charge in [-0.05, 0) is 43.9 Å². The van der Waals surface area contributed by atoms with Crippen LogP contribution in [-0.2, 0) is 22.7 Å². The summed E-state index contributed by atoms with van der Waals surface area (Å²) in [5.74, 6) is 0.625. The number of hydrogen-bond donors (Lipinski definition) is 1. The van der Waals surface area contributed by atoms with Crippen molar-refractivity contribution in [1.29, 1.82) is 0 Å². The number of likely N-dealkylation sites (tertiary alicyclic amines) is 1. The lowest BCUT2D eigenvalue weighted by Crippen LogP contribution is -2.42. The number of carbonyl (C=O) groups is 1. The zero-order chi connectivity index (χ0) is 19.2. The second-order valence-electron chi connectivity index (χ2n) is 7.86. The second-order valence-corrected chi connectivity index (χ2v) is 7.86. The normalized spacial score (nSPS) is 20.3. The molecule has 3 heterocycles. The molecule has 1 N–H and O–H groups in total. The molecule has 1 unspecified atom stereocenters. The number of benzene rings is 1. The summed E-state index contributed by atoms with van der Waals surface area (Å²) in [7, 11) is 0. The highest BCUT2D eigenvalue weighted by Crippen LogP contribution is 2.21. The van der Waals surface area contributed by atoms with E-state index in [1.807, 2.05) is 29.3 Å². The number of carbonyl (C=O) groups excluding carboxylic acids is 1. The van der Waals surface area contributed by atoms with Crippen LogP contribution in [0, 0.1) is 0 Å². The predicted molar refractivity (Wildman–Crippen MR) is 115 cm³/mol. The lowest BCUT2D eigenvalue weighted by atomic mass is 9.97. The van der Waals surface area contributed by atoms with Gasteiger partial charge in [-0.1, -0.05) is 30.3 Å². The molecule has 1 amide bonds. The van der Waals surface area contributed by atoms with Crippen LogP contribution in [0.3, 0.4) is 0 Å². The van der Waals surface area contributed by atoms with Crippen molar-refractivity contribution in [2.24, 2.45) is 0 Å². The lowest BCUT2D eigenvalue weighted by molar-refractivity contribution is -0.134. The smallest absolute Gasteiger partial charge is 0.244 e. The molecule has 6 nitrogen and oxygen atoms in total. The van der Waals surface area contributed by atoms with E-state index in [0.717, 1.165) is 44.7 Å². The molecule has 2 aliphatic rings. The van der Waals surface area contributed by atoms with Gasteiger partial charge in [-0.25, -0.2) is 0 Å². The Bertz CT molecular complexity index is 753. The fraction of sp³-hybridized carbons (Fsp3) is 0.545. The van der Waals surface area contributed by atoms with E-state index in [4.69, 9.17) is 4.74 Å². The summed E-state index contributed by atoms with van der Waals surface area (Å²) in [6.07, 6.45) is 6.34. The van der Waals surface area contributed by atoms with Gasteiger partial charge in [0.25, 0.3) is 0 Å². The first kappa shape index (κ1) is 21.8. The molecule has 2 aromatic rings. The molecule has 0 bridgehead atoms. The Morgan fingerprint density at radius 1 is 1.14 bits per heavy atom. The van der Waals surface area contributed by atoms with Crippen molar-refractivity contribution in [3.05, 3.63) is 53.9 Å². The molecule has 0 aliphatic carbocycles. The summed E-state index contributed by atoms with van der Waals surface area (Å²) in [6.45, 7) is 4.58. The molecule has 1 aromatic heterocycles. The number of piperidine rings is 2. The maximum absolute atomic E-state index is 12.7. The van der Waals surface area contributed by atoms with Gasteiger partial charge in [-0.3, -0.25) is 9.48 Å². The molecule has 1 atom stereocenters. The molecule has 0 spiro atoms. The van der Waals surface area contributed by atoms with Crippen LogP contribution in [0.2, 0.25) is 0 Å². The van der Waals surface area contributed by atoms with Gasteiger partial charge < -0.3 is 15.0 Å². The van der Waals surface area contributed by atoms with Gasteiger partial charge in [0.05, 0.1) is 18.4 Å². The first-order valence-corrected chi connectivity index (χ1v) is 10.5. The molecule has 7 heteroatoms. The van der Waals surface area contributed by atoms with Crippen LogP contribution in [0.15, 0.2) is 42.6 Å². The van der Waals surface area contributed by atoms with Gasteiger partial charge in [0.15, 0.2) is 0 Å². The summed E-state index contributed by atoms with van der Waals surface area (Å²) in [5.41, 5.74) is 2.30. The van der Waals surface area contributed by atoms with E-state index in [-0.39, 0.29) is 24.4 Å². The third kappa shape index (κ3) is 6.04. The molecule has 29 heavy (non-hydrogen) atoms. The van der Waals surface area contributed by atoms with Gasteiger partial charge in [-0.2, -0.15) is 5.10 Å². The quantitative estimate of drug-likeness (QED) is 0.783. The summed E-state index contributed by atoms with van der Waals surface area (Å²) in [5, 5.41) is 8.07. The molecule has 0 radical (unpaired) electrons. The average molecular weight is 419 g/mol. The van der Waals surface area contributed by atoms with E-state index in [9.17, 15) is 4.79 Å². The summed E-state index contributed by atoms with van der Waals surface area (Å²) in [6, 6.07) is 12.3. The number of halogens is 1. The fourth-order valence-corrected chi connectivity index (χ4v) is 4.09. The van der Waals surface area contributed by atoms with Gasteiger partial charge in [-0.15, -0.1) is 12.4 Å². The zero-order valence-corrected chi connectivity index (χ0v) is 17.7. The third-order valence-corrected chi connectivity index (χ3v) is 5.80. The molecule has 2 fully saturated rings. The molecular weight excluding hydrogens is 388 g/mol. The van der Waals surface area contributed by atoms with Crippen LogP contribution >= 0.6 is 12.4 Å². The minimum absolute atomic E-state index is 0. The number of amides is 1. The van der Waals surface area contributed by atoms with Crippen molar-refractivity contribution in [1.82, 2.24) is 20.0 Å². The molecule has 4 rings (SSSR count). The second kappa shape index (κ2) is 10.8. The van der Waals surface area contributed by atoms with Crippen LogP contribution in [0.25, 0.3) is 0 Å². The minimum atomic E-state index is 0. The predicted octanol–water partition coefficient (Wildman–Crippen LogP) is 2.98. The molecule has 1 aromatic carbocycles. The maximum Gasteiger partial charge on any atom is 0.244 e. The first-order valence-electron chi connectivity index (χ1n) is 10.5. The van der Waals surface area contributed by atoms with Gasteiger partial charge in [0, 0.05) is 31.7 Å². The highest BCUT2D eigenvalue weighted by molar-refractivity contribution is 5.85. The van der Waals surface area contributed by atoms with Crippen LogP contribution in [-0.4, -0.2) is 52.9 Å². The minimum Gasteiger partial charge on any atom is -0.373 e. The van der Waals surface area contributed by atoms with Gasteiger partial charge in [0.1, 0.15) is 6.54 Å². The Morgan fingerprint density at radius 3 is 2.66 bits per heavy atom. The Hall–Kier alpha value is -1.89. The Kier molecular flexibility index (Phi) is 8.09. The summed E-state index contributed by atoms with van der Waals surface area (Å²) < 4.78 is 7.82. The summed E-state index contributed by atoms with van der Waals surface area (Å²) in [4.78, 5) is 14.6. The molecule has 2 saturated heterocycles. The SMILES string of the molecule is Cl.O=C(Cn1ccc(C2CCCNC2)n1)N1CCC(OCc2ccccc2)CC1. The van der Waals surface area contributed by atoms with E-state index < -0.39 is 0 Å². The van der Waals surface area contributed by atoms with Gasteiger partial charge >= 0.3 is 0 Å². The number of nitrogens with one attached hydrogen (secondary N) is 1. The first-order chi connectivity index (χ1) is 13.8. The van der Waals surface area contributed by atoms with Crippen molar-refractivity contribution in [3.8, 4) is 0 Å². The zero-order valence-electron chi connectivity index (χ0n) is 16.8. The number of ether oxygens (including phenoxy) is 1. The highest BCUT2D eigenvalue weighted by atomic mass is 35.5. The Balaban J connectivity index is 0.00000240. The monoisotopic (exact) mass is 418 g/mol. The van der Waals surface area contributed by atoms with E-state index in [1.54, 1.807) is 4.68 Å². The van der Waals surface area contributed by atoms with E-state index in [2.05, 4.69) is 28.6 Å². The lowest BCUT2D eigenvalue weighted by Gasteiger charge is -2.32. The Morgan fingerprint density at radius 2 is 1.93 bits per heavy atom. The van der Waals surface area contributed by atoms with Crippen molar-refractivity contribution >= 4 is 18.3 Å². The number of nitrogens with zero attached hydrogens (tertiary/aromatic N) is 3. The Labute approximate surface area is 179 Å². The largest absolute Gasteiger partial charge is 0.373 e. The van der Waals surface area contributed by atoms with Crippen LogP contribution < -0.4 is 5.32 Å².